The fourth-order valence-electron chi connectivity index (χ4n) is 1.65. The average molecular weight is 327 g/mol. The number of phenolic OH excluding ortho intramolecular Hbond substituents is 1. The molecule has 0 bridgehead atoms. The molecule has 8 heteroatoms. The van der Waals surface area contributed by atoms with Crippen LogP contribution >= 0.6 is 23.2 Å². The molecule has 21 heavy (non-hydrogen) atoms. The first-order chi connectivity index (χ1) is 9.94. The lowest BCUT2D eigenvalue weighted by atomic mass is 10.1. The van der Waals surface area contributed by atoms with Crippen LogP contribution in [0.25, 0.3) is 0 Å². The second-order valence-corrected chi connectivity index (χ2v) is 5.04. The smallest absolute Gasteiger partial charge is 0.242 e. The van der Waals surface area contributed by atoms with Crippen LogP contribution in [0.5, 0.6) is 5.75 Å². The molecule has 6 nitrogen and oxygen atoms in total. The van der Waals surface area contributed by atoms with Crippen molar-refractivity contribution >= 4 is 34.9 Å². The number of nitrogens with one attached hydrogen (secondary N) is 1. The van der Waals surface area contributed by atoms with Crippen molar-refractivity contribution in [2.24, 2.45) is 5.73 Å². The number of hydrogen-bond donors (Lipinski definition) is 3. The Labute approximate surface area is 130 Å². The Bertz CT molecular complexity index is 629. The van der Waals surface area contributed by atoms with Gasteiger partial charge in [-0.15, -0.1) is 0 Å². The molecule has 1 aromatic carbocycles. The van der Waals surface area contributed by atoms with Crippen LogP contribution in [0.4, 0.5) is 5.82 Å². The van der Waals surface area contributed by atoms with Gasteiger partial charge in [-0.3, -0.25) is 4.79 Å². The Morgan fingerprint density at radius 1 is 1.29 bits per heavy atom. The number of nitrogens with zero attached hydrogens (tertiary/aromatic N) is 2. The fraction of sp³-hybridized carbons (Fsp3) is 0.154. The minimum Gasteiger partial charge on any atom is -0.508 e. The van der Waals surface area contributed by atoms with Crippen LogP contribution in [-0.4, -0.2) is 27.0 Å². The Kier molecular flexibility index (Phi) is 4.95. The average Bonchev–Trinajstić information content (AvgIpc) is 2.40. The van der Waals surface area contributed by atoms with Crippen LogP contribution in [0, 0.1) is 0 Å². The molecular formula is C13H12Cl2N4O2. The maximum Gasteiger partial charge on any atom is 0.242 e. The van der Waals surface area contributed by atoms with Crippen molar-refractivity contribution in [2.45, 2.75) is 12.5 Å². The molecule has 0 aliphatic rings. The number of nitrogens with two attached hydrogens (primary N) is 1. The zero-order valence-corrected chi connectivity index (χ0v) is 12.3. The van der Waals surface area contributed by atoms with Gasteiger partial charge in [0.1, 0.15) is 16.7 Å². The van der Waals surface area contributed by atoms with Gasteiger partial charge in [-0.25, -0.2) is 9.97 Å². The highest BCUT2D eigenvalue weighted by atomic mass is 35.5. The lowest BCUT2D eigenvalue weighted by molar-refractivity contribution is -0.117. The summed E-state index contributed by atoms with van der Waals surface area (Å²) in [5, 5.41) is 11.8. The number of aromatic nitrogens is 2. The van der Waals surface area contributed by atoms with E-state index in [1.165, 1.54) is 18.2 Å². The third-order valence-corrected chi connectivity index (χ3v) is 3.01. The molecule has 4 N–H and O–H groups in total. The van der Waals surface area contributed by atoms with Gasteiger partial charge in [0.05, 0.1) is 6.04 Å². The van der Waals surface area contributed by atoms with Gasteiger partial charge in [0.25, 0.3) is 0 Å². The molecule has 110 valence electrons. The summed E-state index contributed by atoms with van der Waals surface area (Å²) in [7, 11) is 0. The number of anilines is 1. The predicted molar refractivity (Wildman–Crippen MR) is 80.5 cm³/mol. The van der Waals surface area contributed by atoms with Crippen LogP contribution < -0.4 is 11.1 Å². The molecule has 2 aromatic rings. The zero-order valence-electron chi connectivity index (χ0n) is 10.8. The number of halogens is 2. The standard InChI is InChI=1S/C13H12Cl2N4O2/c14-10-6-11(19-13(15)17-10)18-12(21)9(16)5-7-1-3-8(20)4-2-7/h1-4,6,9,20H,5,16H2,(H,17,18,19,21). The van der Waals surface area contributed by atoms with Crippen molar-refractivity contribution in [3.05, 3.63) is 46.3 Å². The van der Waals surface area contributed by atoms with Crippen LogP contribution in [0.2, 0.25) is 10.4 Å². The van der Waals surface area contributed by atoms with Crippen LogP contribution in [0.15, 0.2) is 30.3 Å². The van der Waals surface area contributed by atoms with Crippen molar-refractivity contribution < 1.29 is 9.90 Å². The second kappa shape index (κ2) is 6.71. The van der Waals surface area contributed by atoms with E-state index in [0.29, 0.717) is 6.42 Å². The van der Waals surface area contributed by atoms with E-state index in [1.807, 2.05) is 0 Å². The van der Waals surface area contributed by atoms with Crippen LogP contribution in [0.1, 0.15) is 5.56 Å². The number of phenols is 1. The van der Waals surface area contributed by atoms with Gasteiger partial charge in [0, 0.05) is 6.07 Å². The molecule has 1 aromatic heterocycles. The molecular weight excluding hydrogens is 315 g/mol. The molecule has 1 unspecified atom stereocenters. The van der Waals surface area contributed by atoms with E-state index in [2.05, 4.69) is 15.3 Å². The van der Waals surface area contributed by atoms with E-state index in [0.717, 1.165) is 5.56 Å². The van der Waals surface area contributed by atoms with Crippen LogP contribution in [0.3, 0.4) is 0 Å². The molecule has 2 rings (SSSR count). The summed E-state index contributed by atoms with van der Waals surface area (Å²) in [5.74, 6) is -0.0814. The predicted octanol–water partition coefficient (Wildman–Crippen LogP) is 2.00. The maximum atomic E-state index is 12.0. The van der Waals surface area contributed by atoms with Gasteiger partial charge in [-0.1, -0.05) is 23.7 Å². The first-order valence-corrected chi connectivity index (χ1v) is 6.74. The van der Waals surface area contributed by atoms with Gasteiger partial charge in [0.15, 0.2) is 0 Å². The minimum absolute atomic E-state index is 0.0649. The van der Waals surface area contributed by atoms with E-state index in [1.54, 1.807) is 12.1 Å². The highest BCUT2D eigenvalue weighted by Crippen LogP contribution is 2.15. The topological polar surface area (TPSA) is 101 Å². The Morgan fingerprint density at radius 3 is 2.57 bits per heavy atom. The SMILES string of the molecule is NC(Cc1ccc(O)cc1)C(=O)Nc1cc(Cl)nc(Cl)n1. The van der Waals surface area contributed by atoms with Gasteiger partial charge < -0.3 is 16.2 Å². The monoisotopic (exact) mass is 326 g/mol. The summed E-state index contributed by atoms with van der Waals surface area (Å²) in [5.41, 5.74) is 6.66. The molecule has 0 aliphatic heterocycles. The summed E-state index contributed by atoms with van der Waals surface area (Å²) in [4.78, 5) is 19.5. The number of hydrogen-bond acceptors (Lipinski definition) is 5. The highest BCUT2D eigenvalue weighted by molar-refractivity contribution is 6.32. The van der Waals surface area contributed by atoms with E-state index in [4.69, 9.17) is 28.9 Å². The number of aromatic hydroxyl groups is 1. The zero-order chi connectivity index (χ0) is 15.4. The highest BCUT2D eigenvalue weighted by Gasteiger charge is 2.15. The largest absolute Gasteiger partial charge is 0.508 e. The van der Waals surface area contributed by atoms with Gasteiger partial charge in [-0.2, -0.15) is 0 Å². The van der Waals surface area contributed by atoms with Gasteiger partial charge in [0.2, 0.25) is 11.2 Å². The number of benzene rings is 1. The summed E-state index contributed by atoms with van der Waals surface area (Å²) in [6.07, 6.45) is 0.318. The Hall–Kier alpha value is -1.89. The molecule has 0 radical (unpaired) electrons. The summed E-state index contributed by atoms with van der Waals surface area (Å²) in [6, 6.07) is 7.05. The lowest BCUT2D eigenvalue weighted by Crippen LogP contribution is -2.37. The minimum atomic E-state index is -0.776. The van der Waals surface area contributed by atoms with Gasteiger partial charge >= 0.3 is 0 Å². The Morgan fingerprint density at radius 2 is 1.95 bits per heavy atom. The van der Waals surface area contributed by atoms with E-state index >= 15 is 0 Å². The quantitative estimate of drug-likeness (QED) is 0.589. The molecule has 0 saturated carbocycles. The van der Waals surface area contributed by atoms with E-state index in [-0.39, 0.29) is 22.0 Å². The molecule has 0 fully saturated rings. The van der Waals surface area contributed by atoms with Crippen molar-refractivity contribution in [3.8, 4) is 5.75 Å². The maximum absolute atomic E-state index is 12.0. The molecule has 1 heterocycles. The van der Waals surface area contributed by atoms with Crippen LogP contribution in [-0.2, 0) is 11.2 Å². The van der Waals surface area contributed by atoms with Crippen molar-refractivity contribution in [2.75, 3.05) is 5.32 Å². The third-order valence-electron chi connectivity index (χ3n) is 2.65. The number of carbonyl (C=O) groups excluding carboxylic acids is 1. The summed E-state index contributed by atoms with van der Waals surface area (Å²) >= 11 is 11.4. The third kappa shape index (κ3) is 4.56. The fourth-order valence-corrected chi connectivity index (χ4v) is 2.06. The molecule has 1 amide bonds. The summed E-state index contributed by atoms with van der Waals surface area (Å²) in [6.45, 7) is 0. The van der Waals surface area contributed by atoms with Crippen molar-refractivity contribution in [1.29, 1.82) is 0 Å². The number of rotatable bonds is 4. The number of amides is 1. The van der Waals surface area contributed by atoms with Crippen molar-refractivity contribution in [1.82, 2.24) is 9.97 Å². The first kappa shape index (κ1) is 15.5. The summed E-state index contributed by atoms with van der Waals surface area (Å²) < 4.78 is 0. The Balaban J connectivity index is 2.00. The molecule has 0 aliphatic carbocycles. The molecule has 0 saturated heterocycles. The normalized spacial score (nSPS) is 12.0. The molecule has 0 spiro atoms. The van der Waals surface area contributed by atoms with Gasteiger partial charge in [-0.05, 0) is 35.7 Å². The molecule has 1 atom stereocenters. The van der Waals surface area contributed by atoms with E-state index < -0.39 is 11.9 Å². The van der Waals surface area contributed by atoms with E-state index in [9.17, 15) is 9.90 Å². The lowest BCUT2D eigenvalue weighted by Gasteiger charge is -2.12. The van der Waals surface area contributed by atoms with Crippen molar-refractivity contribution in [3.63, 3.8) is 0 Å². The second-order valence-electron chi connectivity index (χ2n) is 4.31. The first-order valence-electron chi connectivity index (χ1n) is 5.98. The number of carbonyl (C=O) groups is 1.